The summed E-state index contributed by atoms with van der Waals surface area (Å²) in [5.74, 6) is 1.63. The van der Waals surface area contributed by atoms with E-state index in [1.54, 1.807) is 0 Å². The van der Waals surface area contributed by atoms with E-state index in [2.05, 4.69) is 50.2 Å². The van der Waals surface area contributed by atoms with Gasteiger partial charge in [0.2, 0.25) is 0 Å². The molecule has 3 aromatic rings. The lowest BCUT2D eigenvalue weighted by atomic mass is 9.78. The van der Waals surface area contributed by atoms with E-state index >= 15 is 0 Å². The molecular weight excluding hydrogens is 355 g/mol. The SMILES string of the molecule is CCc1ccc2c(F)c(CCc3ccc(C4CCC(CC)CC4)cc3)ccc2c1. The molecule has 29 heavy (non-hydrogen) atoms. The normalized spacial score (nSPS) is 19.6. The number of halogens is 1. The number of hydrogen-bond acceptors (Lipinski definition) is 0. The molecule has 1 aliphatic carbocycles. The minimum absolute atomic E-state index is 0.0468. The fraction of sp³-hybridized carbons (Fsp3) is 0.429. The van der Waals surface area contributed by atoms with Crippen LogP contribution in [0.15, 0.2) is 54.6 Å². The van der Waals surface area contributed by atoms with Crippen LogP contribution < -0.4 is 0 Å². The average Bonchev–Trinajstić information content (AvgIpc) is 2.79. The molecule has 0 aliphatic heterocycles. The monoisotopic (exact) mass is 388 g/mol. The Morgan fingerprint density at radius 1 is 0.793 bits per heavy atom. The summed E-state index contributed by atoms with van der Waals surface area (Å²) in [6.45, 7) is 4.45. The lowest BCUT2D eigenvalue weighted by Gasteiger charge is -2.28. The molecule has 0 spiro atoms. The van der Waals surface area contributed by atoms with Gasteiger partial charge in [0.1, 0.15) is 5.82 Å². The second kappa shape index (κ2) is 9.11. The molecule has 0 N–H and O–H groups in total. The van der Waals surface area contributed by atoms with Crippen molar-refractivity contribution >= 4 is 10.8 Å². The van der Waals surface area contributed by atoms with Gasteiger partial charge in [-0.25, -0.2) is 4.39 Å². The lowest BCUT2D eigenvalue weighted by Crippen LogP contribution is -2.12. The van der Waals surface area contributed by atoms with Gasteiger partial charge in [-0.05, 0) is 84.4 Å². The molecule has 0 nitrogen and oxygen atoms in total. The van der Waals surface area contributed by atoms with Crippen LogP contribution in [-0.4, -0.2) is 0 Å². The topological polar surface area (TPSA) is 0 Å². The van der Waals surface area contributed by atoms with Gasteiger partial charge < -0.3 is 0 Å². The molecular formula is C28H33F. The van der Waals surface area contributed by atoms with E-state index in [1.165, 1.54) is 48.8 Å². The quantitative estimate of drug-likeness (QED) is 0.401. The Morgan fingerprint density at radius 2 is 1.52 bits per heavy atom. The van der Waals surface area contributed by atoms with E-state index in [4.69, 9.17) is 0 Å². The van der Waals surface area contributed by atoms with Crippen LogP contribution in [0, 0.1) is 11.7 Å². The van der Waals surface area contributed by atoms with Crippen LogP contribution in [0.5, 0.6) is 0 Å². The van der Waals surface area contributed by atoms with Gasteiger partial charge in [-0.3, -0.25) is 0 Å². The van der Waals surface area contributed by atoms with E-state index < -0.39 is 0 Å². The number of hydrogen-bond donors (Lipinski definition) is 0. The number of benzene rings is 3. The minimum Gasteiger partial charge on any atom is -0.206 e. The van der Waals surface area contributed by atoms with Gasteiger partial charge in [0.25, 0.3) is 0 Å². The molecule has 1 saturated carbocycles. The predicted molar refractivity (Wildman–Crippen MR) is 122 cm³/mol. The van der Waals surface area contributed by atoms with E-state index in [-0.39, 0.29) is 5.82 Å². The largest absolute Gasteiger partial charge is 0.206 e. The summed E-state index contributed by atoms with van der Waals surface area (Å²) in [5.41, 5.74) is 4.88. The first-order valence-electron chi connectivity index (χ1n) is 11.5. The summed E-state index contributed by atoms with van der Waals surface area (Å²) < 4.78 is 15.0. The molecule has 0 heterocycles. The molecule has 4 rings (SSSR count). The zero-order chi connectivity index (χ0) is 20.2. The smallest absolute Gasteiger partial charge is 0.134 e. The average molecular weight is 389 g/mol. The van der Waals surface area contributed by atoms with Gasteiger partial charge in [0.05, 0.1) is 0 Å². The molecule has 152 valence electrons. The highest BCUT2D eigenvalue weighted by Gasteiger charge is 2.21. The van der Waals surface area contributed by atoms with Gasteiger partial charge in [-0.2, -0.15) is 0 Å². The molecule has 0 atom stereocenters. The van der Waals surface area contributed by atoms with Gasteiger partial charge in [0.15, 0.2) is 0 Å². The summed E-state index contributed by atoms with van der Waals surface area (Å²) >= 11 is 0. The molecule has 0 bridgehead atoms. The number of fused-ring (bicyclic) bond motifs is 1. The second-order valence-corrected chi connectivity index (χ2v) is 8.82. The third kappa shape index (κ3) is 4.55. The molecule has 0 radical (unpaired) electrons. The molecule has 0 aromatic heterocycles. The third-order valence-corrected chi connectivity index (χ3v) is 7.06. The van der Waals surface area contributed by atoms with Crippen molar-refractivity contribution in [3.8, 4) is 0 Å². The van der Waals surface area contributed by atoms with Crippen molar-refractivity contribution in [3.05, 3.63) is 82.7 Å². The zero-order valence-corrected chi connectivity index (χ0v) is 17.9. The van der Waals surface area contributed by atoms with Gasteiger partial charge in [0, 0.05) is 5.39 Å². The number of rotatable bonds is 6. The highest BCUT2D eigenvalue weighted by molar-refractivity contribution is 5.84. The molecule has 3 aromatic carbocycles. The van der Waals surface area contributed by atoms with Crippen LogP contribution in [0.1, 0.15) is 74.1 Å². The Hall–Kier alpha value is -2.15. The number of aryl methyl sites for hydroxylation is 3. The zero-order valence-electron chi connectivity index (χ0n) is 17.9. The van der Waals surface area contributed by atoms with Crippen LogP contribution in [0.2, 0.25) is 0 Å². The summed E-state index contributed by atoms with van der Waals surface area (Å²) in [6, 6.07) is 19.3. The minimum atomic E-state index is -0.0468. The van der Waals surface area contributed by atoms with Gasteiger partial charge >= 0.3 is 0 Å². The molecule has 0 amide bonds. The first kappa shape index (κ1) is 20.1. The van der Waals surface area contributed by atoms with Crippen molar-refractivity contribution < 1.29 is 4.39 Å². The van der Waals surface area contributed by atoms with Crippen molar-refractivity contribution in [1.82, 2.24) is 0 Å². The maximum Gasteiger partial charge on any atom is 0.134 e. The Morgan fingerprint density at radius 3 is 2.21 bits per heavy atom. The van der Waals surface area contributed by atoms with E-state index in [9.17, 15) is 4.39 Å². The molecule has 1 heteroatoms. The first-order valence-corrected chi connectivity index (χ1v) is 11.5. The summed E-state index contributed by atoms with van der Waals surface area (Å²) in [7, 11) is 0. The van der Waals surface area contributed by atoms with Crippen LogP contribution >= 0.6 is 0 Å². The van der Waals surface area contributed by atoms with Gasteiger partial charge in [-0.15, -0.1) is 0 Å². The summed E-state index contributed by atoms with van der Waals surface area (Å²) in [5, 5.41) is 1.76. The maximum absolute atomic E-state index is 15.0. The van der Waals surface area contributed by atoms with E-state index in [1.807, 2.05) is 18.2 Å². The van der Waals surface area contributed by atoms with Crippen molar-refractivity contribution in [2.24, 2.45) is 5.92 Å². The molecule has 1 aliphatic rings. The highest BCUT2D eigenvalue weighted by Crippen LogP contribution is 2.37. The first-order chi connectivity index (χ1) is 14.2. The lowest BCUT2D eigenvalue weighted by molar-refractivity contribution is 0.319. The Kier molecular flexibility index (Phi) is 6.33. The molecule has 0 saturated heterocycles. The molecule has 1 fully saturated rings. The standard InChI is InChI=1S/C28H33F/c1-3-20-5-11-23(12-6-20)24-13-7-22(8-14-24)9-15-25-16-17-26-19-21(4-2)10-18-27(26)28(25)29/h7-8,10,13-14,16-20,23H,3-6,9,11-12,15H2,1-2H3. The van der Waals surface area contributed by atoms with Crippen molar-refractivity contribution in [1.29, 1.82) is 0 Å². The Bertz CT molecular complexity index is 946. The Labute approximate surface area is 175 Å². The van der Waals surface area contributed by atoms with Gasteiger partial charge in [-0.1, -0.05) is 74.9 Å². The summed E-state index contributed by atoms with van der Waals surface area (Å²) in [4.78, 5) is 0. The fourth-order valence-corrected chi connectivity index (χ4v) is 4.94. The second-order valence-electron chi connectivity index (χ2n) is 8.82. The predicted octanol–water partition coefficient (Wildman–Crippen LogP) is 8.01. The molecule has 0 unspecified atom stereocenters. The highest BCUT2D eigenvalue weighted by atomic mass is 19.1. The third-order valence-electron chi connectivity index (χ3n) is 7.06. The van der Waals surface area contributed by atoms with Crippen LogP contribution in [0.3, 0.4) is 0 Å². The summed E-state index contributed by atoms with van der Waals surface area (Å²) in [6.07, 6.45) is 9.37. The fourth-order valence-electron chi connectivity index (χ4n) is 4.94. The Balaban J connectivity index is 1.41. The van der Waals surface area contributed by atoms with Crippen LogP contribution in [0.25, 0.3) is 10.8 Å². The van der Waals surface area contributed by atoms with Crippen molar-refractivity contribution in [3.63, 3.8) is 0 Å². The van der Waals surface area contributed by atoms with E-state index in [0.29, 0.717) is 0 Å². The van der Waals surface area contributed by atoms with Crippen LogP contribution in [0.4, 0.5) is 4.39 Å². The van der Waals surface area contributed by atoms with Crippen molar-refractivity contribution in [2.45, 2.75) is 71.1 Å². The van der Waals surface area contributed by atoms with Crippen molar-refractivity contribution in [2.75, 3.05) is 0 Å². The van der Waals surface area contributed by atoms with Crippen LogP contribution in [-0.2, 0) is 19.3 Å². The maximum atomic E-state index is 15.0. The van der Waals surface area contributed by atoms with E-state index in [0.717, 1.165) is 47.4 Å².